The Labute approximate surface area is 99.6 Å². The smallest absolute Gasteiger partial charge is 0.341 e. The highest BCUT2D eigenvalue weighted by molar-refractivity contribution is 5.92. The summed E-state index contributed by atoms with van der Waals surface area (Å²) in [4.78, 5) is 10.6. The summed E-state index contributed by atoms with van der Waals surface area (Å²) >= 11 is 0. The maximum Gasteiger partial charge on any atom is 0.341 e. The van der Waals surface area contributed by atoms with Crippen LogP contribution in [-0.4, -0.2) is 17.7 Å². The van der Waals surface area contributed by atoms with Gasteiger partial charge in [0.25, 0.3) is 0 Å². The highest BCUT2D eigenvalue weighted by Gasteiger charge is 2.08. The number of fused-ring (bicyclic) bond motifs is 1. The SMILES string of the molecule is Cc1ccc2c(C)cccc2c1OCC(=O)O. The molecule has 2 rings (SSSR count). The average molecular weight is 230 g/mol. The van der Waals surface area contributed by atoms with Crippen LogP contribution in [0, 0.1) is 13.8 Å². The van der Waals surface area contributed by atoms with E-state index in [2.05, 4.69) is 0 Å². The lowest BCUT2D eigenvalue weighted by Crippen LogP contribution is -2.10. The third-order valence-corrected chi connectivity index (χ3v) is 2.77. The Hall–Kier alpha value is -2.03. The van der Waals surface area contributed by atoms with Crippen molar-refractivity contribution in [2.45, 2.75) is 13.8 Å². The molecule has 3 nitrogen and oxygen atoms in total. The summed E-state index contributed by atoms with van der Waals surface area (Å²) < 4.78 is 5.37. The van der Waals surface area contributed by atoms with Crippen molar-refractivity contribution in [2.24, 2.45) is 0 Å². The number of carboxylic acids is 1. The maximum atomic E-state index is 10.6. The van der Waals surface area contributed by atoms with Crippen LogP contribution in [0.4, 0.5) is 0 Å². The van der Waals surface area contributed by atoms with E-state index in [9.17, 15) is 4.79 Å². The summed E-state index contributed by atoms with van der Waals surface area (Å²) in [6, 6.07) is 9.91. The van der Waals surface area contributed by atoms with E-state index in [4.69, 9.17) is 9.84 Å². The Balaban J connectivity index is 2.55. The van der Waals surface area contributed by atoms with Gasteiger partial charge in [0, 0.05) is 5.39 Å². The van der Waals surface area contributed by atoms with E-state index in [1.54, 1.807) is 0 Å². The molecule has 88 valence electrons. The highest BCUT2D eigenvalue weighted by atomic mass is 16.5. The number of aryl methyl sites for hydroxylation is 2. The van der Waals surface area contributed by atoms with Gasteiger partial charge in [-0.05, 0) is 30.4 Å². The standard InChI is InChI=1S/C14H14O3/c1-9-4-3-5-12-11(9)7-6-10(2)14(12)17-8-13(15)16/h3-7H,8H2,1-2H3,(H,15,16). The van der Waals surface area contributed by atoms with Crippen LogP contribution in [0.5, 0.6) is 5.75 Å². The molecule has 1 N–H and O–H groups in total. The second-order valence-electron chi connectivity index (χ2n) is 4.06. The van der Waals surface area contributed by atoms with Gasteiger partial charge in [0.1, 0.15) is 5.75 Å². The molecule has 0 fully saturated rings. The van der Waals surface area contributed by atoms with Crippen molar-refractivity contribution in [1.29, 1.82) is 0 Å². The molecule has 17 heavy (non-hydrogen) atoms. The molecule has 2 aromatic carbocycles. The number of aliphatic carboxylic acids is 1. The number of hydrogen-bond acceptors (Lipinski definition) is 2. The van der Waals surface area contributed by atoms with E-state index in [-0.39, 0.29) is 6.61 Å². The van der Waals surface area contributed by atoms with Gasteiger partial charge >= 0.3 is 5.97 Å². The largest absolute Gasteiger partial charge is 0.481 e. The van der Waals surface area contributed by atoms with E-state index < -0.39 is 5.97 Å². The number of carboxylic acid groups (broad SMARTS) is 1. The molecular formula is C14H14O3. The summed E-state index contributed by atoms with van der Waals surface area (Å²) in [5.41, 5.74) is 2.10. The molecule has 0 heterocycles. The number of ether oxygens (including phenoxy) is 1. The van der Waals surface area contributed by atoms with Crippen molar-refractivity contribution in [3.63, 3.8) is 0 Å². The second kappa shape index (κ2) is 4.45. The first-order valence-corrected chi connectivity index (χ1v) is 5.43. The fourth-order valence-electron chi connectivity index (χ4n) is 1.92. The summed E-state index contributed by atoms with van der Waals surface area (Å²) in [5, 5.41) is 10.7. The van der Waals surface area contributed by atoms with E-state index in [0.717, 1.165) is 21.9 Å². The van der Waals surface area contributed by atoms with Gasteiger partial charge in [0.15, 0.2) is 6.61 Å². The number of rotatable bonds is 3. The normalized spacial score (nSPS) is 10.5. The zero-order chi connectivity index (χ0) is 12.4. The van der Waals surface area contributed by atoms with Gasteiger partial charge in [-0.25, -0.2) is 4.79 Å². The Kier molecular flexibility index (Phi) is 3.00. The fraction of sp³-hybridized carbons (Fsp3) is 0.214. The van der Waals surface area contributed by atoms with Crippen LogP contribution in [-0.2, 0) is 4.79 Å². The summed E-state index contributed by atoms with van der Waals surface area (Å²) in [6.07, 6.45) is 0. The van der Waals surface area contributed by atoms with E-state index in [0.29, 0.717) is 5.75 Å². The number of benzene rings is 2. The summed E-state index contributed by atoms with van der Waals surface area (Å²) in [7, 11) is 0. The zero-order valence-electron chi connectivity index (χ0n) is 9.86. The van der Waals surface area contributed by atoms with Crippen LogP contribution < -0.4 is 4.74 Å². The van der Waals surface area contributed by atoms with Gasteiger partial charge in [0.2, 0.25) is 0 Å². The van der Waals surface area contributed by atoms with Crippen molar-refractivity contribution in [3.05, 3.63) is 41.5 Å². The minimum Gasteiger partial charge on any atom is -0.481 e. The maximum absolute atomic E-state index is 10.6. The monoisotopic (exact) mass is 230 g/mol. The van der Waals surface area contributed by atoms with Crippen LogP contribution in [0.1, 0.15) is 11.1 Å². The molecule has 0 saturated heterocycles. The molecule has 0 aliphatic heterocycles. The Morgan fingerprint density at radius 3 is 2.59 bits per heavy atom. The molecule has 0 aromatic heterocycles. The molecule has 0 amide bonds. The summed E-state index contributed by atoms with van der Waals surface area (Å²) in [5.74, 6) is -0.303. The van der Waals surface area contributed by atoms with E-state index >= 15 is 0 Å². The van der Waals surface area contributed by atoms with Gasteiger partial charge in [-0.1, -0.05) is 30.3 Å². The van der Waals surface area contributed by atoms with Crippen molar-refractivity contribution >= 4 is 16.7 Å². The molecule has 0 atom stereocenters. The lowest BCUT2D eigenvalue weighted by atomic mass is 10.0. The Morgan fingerprint density at radius 1 is 1.12 bits per heavy atom. The first-order chi connectivity index (χ1) is 8.09. The van der Waals surface area contributed by atoms with Gasteiger partial charge in [0.05, 0.1) is 0 Å². The predicted octanol–water partition coefficient (Wildman–Crippen LogP) is 2.92. The molecule has 0 spiro atoms. The molecule has 0 unspecified atom stereocenters. The number of carbonyl (C=O) groups is 1. The third-order valence-electron chi connectivity index (χ3n) is 2.77. The van der Waals surface area contributed by atoms with Crippen LogP contribution in [0.2, 0.25) is 0 Å². The molecular weight excluding hydrogens is 216 g/mol. The minimum atomic E-state index is -0.964. The van der Waals surface area contributed by atoms with E-state index in [1.165, 1.54) is 0 Å². The molecule has 0 radical (unpaired) electrons. The summed E-state index contributed by atoms with van der Waals surface area (Å²) in [6.45, 7) is 3.63. The van der Waals surface area contributed by atoms with Crippen LogP contribution in [0.25, 0.3) is 10.8 Å². The van der Waals surface area contributed by atoms with Gasteiger partial charge in [-0.3, -0.25) is 0 Å². The zero-order valence-corrected chi connectivity index (χ0v) is 9.86. The topological polar surface area (TPSA) is 46.5 Å². The van der Waals surface area contributed by atoms with Gasteiger partial charge in [-0.2, -0.15) is 0 Å². The first-order valence-electron chi connectivity index (χ1n) is 5.43. The van der Waals surface area contributed by atoms with Crippen molar-refractivity contribution in [2.75, 3.05) is 6.61 Å². The van der Waals surface area contributed by atoms with Crippen LogP contribution in [0.15, 0.2) is 30.3 Å². The lowest BCUT2D eigenvalue weighted by Gasteiger charge is -2.11. The van der Waals surface area contributed by atoms with Crippen molar-refractivity contribution < 1.29 is 14.6 Å². The predicted molar refractivity (Wildman–Crippen MR) is 66.6 cm³/mol. The molecule has 0 aliphatic rings. The quantitative estimate of drug-likeness (QED) is 0.881. The molecule has 3 heteroatoms. The molecule has 0 saturated carbocycles. The fourth-order valence-corrected chi connectivity index (χ4v) is 1.92. The average Bonchev–Trinajstić information content (AvgIpc) is 2.27. The Morgan fingerprint density at radius 2 is 1.88 bits per heavy atom. The van der Waals surface area contributed by atoms with Crippen LogP contribution >= 0.6 is 0 Å². The number of hydrogen-bond donors (Lipinski definition) is 1. The second-order valence-corrected chi connectivity index (χ2v) is 4.06. The molecule has 0 bridgehead atoms. The van der Waals surface area contributed by atoms with Gasteiger partial charge in [-0.15, -0.1) is 0 Å². The van der Waals surface area contributed by atoms with Gasteiger partial charge < -0.3 is 9.84 Å². The van der Waals surface area contributed by atoms with E-state index in [1.807, 2.05) is 44.2 Å². The lowest BCUT2D eigenvalue weighted by molar-refractivity contribution is -0.139. The Bertz CT molecular complexity index is 573. The van der Waals surface area contributed by atoms with Crippen LogP contribution in [0.3, 0.4) is 0 Å². The molecule has 2 aromatic rings. The van der Waals surface area contributed by atoms with Crippen molar-refractivity contribution in [3.8, 4) is 5.75 Å². The first kappa shape index (κ1) is 11.5. The van der Waals surface area contributed by atoms with Crippen molar-refractivity contribution in [1.82, 2.24) is 0 Å². The highest BCUT2D eigenvalue weighted by Crippen LogP contribution is 2.31. The third kappa shape index (κ3) is 2.23. The minimum absolute atomic E-state index is 0.312. The molecule has 0 aliphatic carbocycles.